The Labute approximate surface area is 196 Å². The van der Waals surface area contributed by atoms with Crippen LogP contribution in [0.2, 0.25) is 0 Å². The highest BCUT2D eigenvalue weighted by Crippen LogP contribution is 2.32. The van der Waals surface area contributed by atoms with Crippen molar-refractivity contribution in [1.29, 1.82) is 0 Å². The first-order valence-electron chi connectivity index (χ1n) is 11.6. The fourth-order valence-electron chi connectivity index (χ4n) is 4.36. The number of rotatable bonds is 7. The van der Waals surface area contributed by atoms with Gasteiger partial charge in [-0.15, -0.1) is 0 Å². The van der Waals surface area contributed by atoms with Crippen LogP contribution in [-0.2, 0) is 19.6 Å². The van der Waals surface area contributed by atoms with E-state index in [2.05, 4.69) is 11.9 Å². The molecule has 0 aliphatic carbocycles. The molecule has 2 heterocycles. The van der Waals surface area contributed by atoms with Gasteiger partial charge in [-0.3, -0.25) is 4.79 Å². The predicted octanol–water partition coefficient (Wildman–Crippen LogP) is 5.57. The molecule has 0 fully saturated rings. The highest BCUT2D eigenvalue weighted by Gasteiger charge is 2.29. The zero-order valence-corrected chi connectivity index (χ0v) is 20.1. The third-order valence-corrected chi connectivity index (χ3v) is 6.02. The van der Waals surface area contributed by atoms with Gasteiger partial charge < -0.3 is 14.4 Å². The van der Waals surface area contributed by atoms with Gasteiger partial charge >= 0.3 is 0 Å². The van der Waals surface area contributed by atoms with Crippen molar-refractivity contribution in [3.8, 4) is 11.6 Å². The van der Waals surface area contributed by atoms with Gasteiger partial charge in [0.05, 0.1) is 12.6 Å². The average molecular weight is 445 g/mol. The molecule has 3 aromatic rings. The van der Waals surface area contributed by atoms with E-state index in [-0.39, 0.29) is 12.0 Å². The van der Waals surface area contributed by atoms with E-state index in [1.807, 2.05) is 81.1 Å². The van der Waals surface area contributed by atoms with Crippen molar-refractivity contribution in [3.63, 3.8) is 0 Å². The molecule has 0 saturated carbocycles. The fraction of sp³-hybridized carbons (Fsp3) is 0.357. The lowest BCUT2D eigenvalue weighted by Crippen LogP contribution is -2.38. The minimum Gasteiger partial charge on any atom is -0.491 e. The van der Waals surface area contributed by atoms with E-state index in [0.717, 1.165) is 51.2 Å². The molecule has 0 saturated heterocycles. The zero-order valence-electron chi connectivity index (χ0n) is 20.1. The van der Waals surface area contributed by atoms with E-state index in [1.54, 1.807) is 0 Å². The van der Waals surface area contributed by atoms with Gasteiger partial charge in [-0.25, -0.2) is 4.98 Å². The molecular weight excluding hydrogens is 412 g/mol. The Kier molecular flexibility index (Phi) is 6.68. The second-order valence-electron chi connectivity index (χ2n) is 9.00. The van der Waals surface area contributed by atoms with Crippen LogP contribution in [0.4, 0.5) is 0 Å². The lowest BCUT2D eigenvalue weighted by atomic mass is 9.93. The molecule has 1 amide bonds. The Morgan fingerprint density at radius 3 is 2.55 bits per heavy atom. The molecule has 1 aromatic heterocycles. The van der Waals surface area contributed by atoms with Crippen LogP contribution in [0.25, 0.3) is 0 Å². The topological polar surface area (TPSA) is 51.7 Å². The molecule has 5 nitrogen and oxygen atoms in total. The summed E-state index contributed by atoms with van der Waals surface area (Å²) in [6.45, 7) is 11.6. The number of carbonyl (C=O) groups is 1. The molecular formula is C28H32N2O3. The first-order chi connectivity index (χ1) is 15.8. The van der Waals surface area contributed by atoms with Crippen LogP contribution < -0.4 is 9.47 Å². The molecule has 5 heteroatoms. The van der Waals surface area contributed by atoms with Crippen molar-refractivity contribution in [3.05, 3.63) is 87.6 Å². The lowest BCUT2D eigenvalue weighted by Gasteiger charge is -2.31. The Balaban J connectivity index is 1.60. The van der Waals surface area contributed by atoms with Gasteiger partial charge in [0.15, 0.2) is 0 Å². The van der Waals surface area contributed by atoms with E-state index in [0.29, 0.717) is 25.6 Å². The van der Waals surface area contributed by atoms with Crippen LogP contribution in [0.1, 0.15) is 57.7 Å². The third-order valence-electron chi connectivity index (χ3n) is 6.02. The standard InChI is InChI=1S/C28H32N2O3/c1-18(2)33-25-12-11-23-13-14-30(28(31)26(23)21(25)5)16-24-19(3)15-20(4)29-27(24)32-17-22-9-7-6-8-10-22/h6-12,15,18H,13-14,16-17H2,1-5H3. The van der Waals surface area contributed by atoms with Crippen molar-refractivity contribution in [1.82, 2.24) is 9.88 Å². The van der Waals surface area contributed by atoms with Gasteiger partial charge in [-0.2, -0.15) is 0 Å². The number of benzene rings is 2. The van der Waals surface area contributed by atoms with E-state index < -0.39 is 0 Å². The Hall–Kier alpha value is -3.34. The molecule has 0 radical (unpaired) electrons. The SMILES string of the molecule is Cc1cc(C)c(CN2CCc3ccc(OC(C)C)c(C)c3C2=O)c(OCc2ccccc2)n1. The zero-order chi connectivity index (χ0) is 23.5. The van der Waals surface area contributed by atoms with Crippen LogP contribution in [0.3, 0.4) is 0 Å². The summed E-state index contributed by atoms with van der Waals surface area (Å²) < 4.78 is 12.1. The number of aromatic nitrogens is 1. The Morgan fingerprint density at radius 2 is 1.82 bits per heavy atom. The molecule has 172 valence electrons. The highest BCUT2D eigenvalue weighted by molar-refractivity contribution is 5.98. The fourth-order valence-corrected chi connectivity index (χ4v) is 4.36. The summed E-state index contributed by atoms with van der Waals surface area (Å²) in [6, 6.07) is 16.1. The van der Waals surface area contributed by atoms with Crippen molar-refractivity contribution in [2.24, 2.45) is 0 Å². The first-order valence-corrected chi connectivity index (χ1v) is 11.6. The van der Waals surface area contributed by atoms with E-state index >= 15 is 0 Å². The predicted molar refractivity (Wildman–Crippen MR) is 130 cm³/mol. The summed E-state index contributed by atoms with van der Waals surface area (Å²) in [5.74, 6) is 1.42. The molecule has 33 heavy (non-hydrogen) atoms. The number of carbonyl (C=O) groups excluding carboxylic acids is 1. The van der Waals surface area contributed by atoms with Gasteiger partial charge in [0.25, 0.3) is 5.91 Å². The summed E-state index contributed by atoms with van der Waals surface area (Å²) >= 11 is 0. The quantitative estimate of drug-likeness (QED) is 0.478. The Morgan fingerprint density at radius 1 is 1.06 bits per heavy atom. The third kappa shape index (κ3) is 5.03. The van der Waals surface area contributed by atoms with Crippen molar-refractivity contribution >= 4 is 5.91 Å². The molecule has 4 rings (SSSR count). The number of pyridine rings is 1. The lowest BCUT2D eigenvalue weighted by molar-refractivity contribution is 0.0722. The van der Waals surface area contributed by atoms with Gasteiger partial charge in [0.2, 0.25) is 5.88 Å². The highest BCUT2D eigenvalue weighted by atomic mass is 16.5. The normalized spacial score (nSPS) is 13.3. The molecule has 1 aliphatic heterocycles. The number of hydrogen-bond acceptors (Lipinski definition) is 4. The van der Waals surface area contributed by atoms with Crippen LogP contribution in [0.5, 0.6) is 11.6 Å². The molecule has 0 atom stereocenters. The minimum absolute atomic E-state index is 0.0388. The smallest absolute Gasteiger partial charge is 0.254 e. The summed E-state index contributed by atoms with van der Waals surface area (Å²) in [5, 5.41) is 0. The number of hydrogen-bond donors (Lipinski definition) is 0. The number of ether oxygens (including phenoxy) is 2. The number of amides is 1. The average Bonchev–Trinajstić information content (AvgIpc) is 2.78. The summed E-state index contributed by atoms with van der Waals surface area (Å²) in [7, 11) is 0. The van der Waals surface area contributed by atoms with Crippen molar-refractivity contribution in [2.75, 3.05) is 6.54 Å². The second-order valence-corrected chi connectivity index (χ2v) is 9.00. The molecule has 0 spiro atoms. The van der Waals surface area contributed by atoms with Crippen LogP contribution in [0.15, 0.2) is 48.5 Å². The van der Waals surface area contributed by atoms with Gasteiger partial charge in [-0.1, -0.05) is 36.4 Å². The number of fused-ring (bicyclic) bond motifs is 1. The minimum atomic E-state index is 0.0388. The van der Waals surface area contributed by atoms with Gasteiger partial charge in [0.1, 0.15) is 12.4 Å². The number of nitrogens with zero attached hydrogens (tertiary/aromatic N) is 2. The monoisotopic (exact) mass is 444 g/mol. The maximum atomic E-state index is 13.6. The first kappa shape index (κ1) is 22.8. The second kappa shape index (κ2) is 9.65. The molecule has 1 aliphatic rings. The molecule has 0 N–H and O–H groups in total. The summed E-state index contributed by atoms with van der Waals surface area (Å²) in [4.78, 5) is 20.1. The van der Waals surface area contributed by atoms with Crippen LogP contribution in [0, 0.1) is 20.8 Å². The summed E-state index contributed by atoms with van der Waals surface area (Å²) in [5.41, 5.74) is 6.79. The molecule has 0 unspecified atom stereocenters. The van der Waals surface area contributed by atoms with E-state index in [4.69, 9.17) is 9.47 Å². The molecule has 2 aromatic carbocycles. The maximum Gasteiger partial charge on any atom is 0.254 e. The largest absolute Gasteiger partial charge is 0.491 e. The summed E-state index contributed by atoms with van der Waals surface area (Å²) in [6.07, 6.45) is 0.879. The Bertz CT molecular complexity index is 1160. The molecule has 0 bridgehead atoms. The van der Waals surface area contributed by atoms with E-state index in [1.165, 1.54) is 0 Å². The van der Waals surface area contributed by atoms with Crippen LogP contribution >= 0.6 is 0 Å². The number of aryl methyl sites for hydroxylation is 2. The van der Waals surface area contributed by atoms with Gasteiger partial charge in [0, 0.05) is 28.9 Å². The van der Waals surface area contributed by atoms with Gasteiger partial charge in [-0.05, 0) is 69.9 Å². The van der Waals surface area contributed by atoms with Crippen molar-refractivity contribution < 1.29 is 14.3 Å². The van der Waals surface area contributed by atoms with Crippen LogP contribution in [-0.4, -0.2) is 28.4 Å². The maximum absolute atomic E-state index is 13.6. The van der Waals surface area contributed by atoms with Crippen molar-refractivity contribution in [2.45, 2.75) is 60.3 Å². The van der Waals surface area contributed by atoms with E-state index in [9.17, 15) is 4.79 Å².